The van der Waals surface area contributed by atoms with Gasteiger partial charge >= 0.3 is 0 Å². The molecule has 1 aromatic rings. The van der Waals surface area contributed by atoms with Crippen LogP contribution >= 0.6 is 15.9 Å². The maximum Gasteiger partial charge on any atom is 0.225 e. The third-order valence-electron chi connectivity index (χ3n) is 2.03. The number of rotatable bonds is 4. The zero-order valence-electron chi connectivity index (χ0n) is 9.47. The van der Waals surface area contributed by atoms with Crippen LogP contribution in [0.2, 0.25) is 0 Å². The second-order valence-electron chi connectivity index (χ2n) is 3.59. The molecule has 0 saturated carbocycles. The minimum Gasteiger partial charge on any atom is -0.490 e. The van der Waals surface area contributed by atoms with E-state index in [2.05, 4.69) is 15.9 Å². The highest BCUT2D eigenvalue weighted by molar-refractivity contribution is 9.10. The predicted octanol–water partition coefficient (Wildman–Crippen LogP) is 2.58. The maximum absolute atomic E-state index is 13.2. The topological polar surface area (TPSA) is 29.5 Å². The van der Waals surface area contributed by atoms with Gasteiger partial charge in [-0.05, 0) is 12.1 Å². The van der Waals surface area contributed by atoms with Crippen molar-refractivity contribution in [2.45, 2.75) is 6.42 Å². The van der Waals surface area contributed by atoms with Crippen LogP contribution in [-0.4, -0.2) is 31.5 Å². The van der Waals surface area contributed by atoms with Gasteiger partial charge in [-0.3, -0.25) is 4.79 Å². The van der Waals surface area contributed by atoms with E-state index in [0.29, 0.717) is 4.47 Å². The maximum atomic E-state index is 13.2. The van der Waals surface area contributed by atoms with Crippen molar-refractivity contribution in [1.29, 1.82) is 0 Å². The molecule has 1 amide bonds. The molecular weight excluding hydrogens is 296 g/mol. The van der Waals surface area contributed by atoms with Gasteiger partial charge < -0.3 is 9.64 Å². The molecule has 0 atom stereocenters. The summed E-state index contributed by atoms with van der Waals surface area (Å²) in [6, 6.07) is 2.33. The summed E-state index contributed by atoms with van der Waals surface area (Å²) in [4.78, 5) is 12.6. The molecule has 0 aliphatic rings. The Bertz CT molecular complexity index is 424. The number of ether oxygens (including phenoxy) is 1. The van der Waals surface area contributed by atoms with Gasteiger partial charge in [0.2, 0.25) is 11.7 Å². The molecule has 0 unspecified atom stereocenters. The quantitative estimate of drug-likeness (QED) is 0.800. The van der Waals surface area contributed by atoms with Crippen LogP contribution < -0.4 is 4.74 Å². The molecule has 0 radical (unpaired) electrons. The summed E-state index contributed by atoms with van der Waals surface area (Å²) in [5, 5.41) is 0. The van der Waals surface area contributed by atoms with Crippen LogP contribution in [0.15, 0.2) is 16.6 Å². The average molecular weight is 308 g/mol. The lowest BCUT2D eigenvalue weighted by Gasteiger charge is -2.11. The Balaban J connectivity index is 2.61. The molecule has 94 valence electrons. The molecule has 0 aliphatic heterocycles. The summed E-state index contributed by atoms with van der Waals surface area (Å²) < 4.78 is 31.6. The van der Waals surface area contributed by atoms with Crippen molar-refractivity contribution in [3.05, 3.63) is 28.2 Å². The number of nitrogens with zero attached hydrogens (tertiary/aromatic N) is 1. The number of benzene rings is 1. The van der Waals surface area contributed by atoms with E-state index >= 15 is 0 Å². The molecule has 1 rings (SSSR count). The highest BCUT2D eigenvalue weighted by Gasteiger charge is 2.12. The summed E-state index contributed by atoms with van der Waals surface area (Å²) >= 11 is 3.03. The lowest BCUT2D eigenvalue weighted by Crippen LogP contribution is -2.23. The molecule has 0 saturated heterocycles. The normalized spacial score (nSPS) is 10.2. The van der Waals surface area contributed by atoms with Crippen LogP contribution in [-0.2, 0) is 4.79 Å². The van der Waals surface area contributed by atoms with E-state index in [1.165, 1.54) is 11.0 Å². The van der Waals surface area contributed by atoms with E-state index in [4.69, 9.17) is 4.74 Å². The third kappa shape index (κ3) is 3.96. The van der Waals surface area contributed by atoms with E-state index in [9.17, 15) is 13.6 Å². The van der Waals surface area contributed by atoms with E-state index in [0.717, 1.165) is 6.07 Å². The van der Waals surface area contributed by atoms with Crippen LogP contribution in [0, 0.1) is 11.6 Å². The number of amides is 1. The minimum atomic E-state index is -1.05. The Morgan fingerprint density at radius 3 is 2.65 bits per heavy atom. The molecule has 3 nitrogen and oxygen atoms in total. The lowest BCUT2D eigenvalue weighted by molar-refractivity contribution is -0.129. The predicted molar refractivity (Wildman–Crippen MR) is 62.9 cm³/mol. The van der Waals surface area contributed by atoms with Crippen molar-refractivity contribution in [1.82, 2.24) is 4.90 Å². The Morgan fingerprint density at radius 1 is 1.41 bits per heavy atom. The van der Waals surface area contributed by atoms with E-state index in [1.807, 2.05) is 0 Å². The van der Waals surface area contributed by atoms with Gasteiger partial charge in [0.25, 0.3) is 0 Å². The van der Waals surface area contributed by atoms with E-state index in [-0.39, 0.29) is 24.7 Å². The Hall–Kier alpha value is -1.17. The molecule has 0 aliphatic carbocycles. The molecule has 0 heterocycles. The molecule has 0 aromatic heterocycles. The van der Waals surface area contributed by atoms with Crippen LogP contribution in [0.4, 0.5) is 8.78 Å². The number of carbonyl (C=O) groups excluding carboxylic acids is 1. The Labute approximate surface area is 106 Å². The first-order chi connectivity index (χ1) is 7.91. The van der Waals surface area contributed by atoms with E-state index in [1.54, 1.807) is 14.1 Å². The zero-order valence-corrected chi connectivity index (χ0v) is 11.1. The highest BCUT2D eigenvalue weighted by atomic mass is 79.9. The first-order valence-electron chi connectivity index (χ1n) is 4.89. The number of carbonyl (C=O) groups is 1. The number of halogens is 3. The second kappa shape index (κ2) is 5.95. The standard InChI is InChI=1S/C11H12BrF2NO2/c1-15(2)10(16)3-4-17-9-6-7(12)5-8(13)11(9)14/h5-6H,3-4H2,1-2H3. The Kier molecular flexibility index (Phi) is 4.86. The van der Waals surface area contributed by atoms with Crippen molar-refractivity contribution in [3.8, 4) is 5.75 Å². The fourth-order valence-electron chi connectivity index (χ4n) is 1.11. The van der Waals surface area contributed by atoms with Gasteiger partial charge in [-0.25, -0.2) is 4.39 Å². The molecular formula is C11H12BrF2NO2. The van der Waals surface area contributed by atoms with Crippen LogP contribution in [0.3, 0.4) is 0 Å². The molecule has 6 heteroatoms. The van der Waals surface area contributed by atoms with Crippen LogP contribution in [0.1, 0.15) is 6.42 Å². The van der Waals surface area contributed by atoms with Crippen LogP contribution in [0.5, 0.6) is 5.75 Å². The summed E-state index contributed by atoms with van der Waals surface area (Å²) in [6.07, 6.45) is 0.112. The summed E-state index contributed by atoms with van der Waals surface area (Å²) in [6.45, 7) is 0.00380. The van der Waals surface area contributed by atoms with Crippen molar-refractivity contribution in [2.24, 2.45) is 0 Å². The molecule has 0 bridgehead atoms. The van der Waals surface area contributed by atoms with Gasteiger partial charge in [0.05, 0.1) is 13.0 Å². The largest absolute Gasteiger partial charge is 0.490 e. The molecule has 0 N–H and O–H groups in total. The molecule has 0 fully saturated rings. The van der Waals surface area contributed by atoms with Crippen molar-refractivity contribution in [2.75, 3.05) is 20.7 Å². The first kappa shape index (κ1) is 13.9. The van der Waals surface area contributed by atoms with Crippen LogP contribution in [0.25, 0.3) is 0 Å². The van der Waals surface area contributed by atoms with Gasteiger partial charge in [0.1, 0.15) is 0 Å². The van der Waals surface area contributed by atoms with Crippen molar-refractivity contribution >= 4 is 21.8 Å². The Morgan fingerprint density at radius 2 is 2.06 bits per heavy atom. The highest BCUT2D eigenvalue weighted by Crippen LogP contribution is 2.25. The zero-order chi connectivity index (χ0) is 13.0. The van der Waals surface area contributed by atoms with Gasteiger partial charge in [-0.2, -0.15) is 4.39 Å². The average Bonchev–Trinajstić information content (AvgIpc) is 2.24. The molecule has 1 aromatic carbocycles. The minimum absolute atomic E-state index is 0.00380. The van der Waals surface area contributed by atoms with Crippen molar-refractivity contribution in [3.63, 3.8) is 0 Å². The first-order valence-corrected chi connectivity index (χ1v) is 5.68. The lowest BCUT2D eigenvalue weighted by atomic mass is 10.3. The number of hydrogen-bond donors (Lipinski definition) is 0. The molecule has 17 heavy (non-hydrogen) atoms. The second-order valence-corrected chi connectivity index (χ2v) is 4.50. The number of hydrogen-bond acceptors (Lipinski definition) is 2. The summed E-state index contributed by atoms with van der Waals surface area (Å²) in [7, 11) is 3.23. The van der Waals surface area contributed by atoms with Gasteiger partial charge in [0, 0.05) is 18.6 Å². The fraction of sp³-hybridized carbons (Fsp3) is 0.364. The van der Waals surface area contributed by atoms with Gasteiger partial charge in [-0.15, -0.1) is 0 Å². The third-order valence-corrected chi connectivity index (χ3v) is 2.49. The monoisotopic (exact) mass is 307 g/mol. The van der Waals surface area contributed by atoms with Crippen molar-refractivity contribution < 1.29 is 18.3 Å². The van der Waals surface area contributed by atoms with Gasteiger partial charge in [0.15, 0.2) is 11.6 Å². The summed E-state index contributed by atoms with van der Waals surface area (Å²) in [5.41, 5.74) is 0. The summed E-state index contributed by atoms with van der Waals surface area (Å²) in [5.74, 6) is -2.39. The fourth-order valence-corrected chi connectivity index (χ4v) is 1.52. The van der Waals surface area contributed by atoms with E-state index < -0.39 is 11.6 Å². The van der Waals surface area contributed by atoms with Gasteiger partial charge in [-0.1, -0.05) is 15.9 Å². The molecule has 0 spiro atoms. The SMILES string of the molecule is CN(C)C(=O)CCOc1cc(Br)cc(F)c1F. The smallest absolute Gasteiger partial charge is 0.225 e.